The Hall–Kier alpha value is -3.25. The summed E-state index contributed by atoms with van der Waals surface area (Å²) >= 11 is 0. The monoisotopic (exact) mass is 470 g/mol. The van der Waals surface area contributed by atoms with Crippen molar-refractivity contribution in [3.8, 4) is 11.3 Å². The Balaban J connectivity index is 1.42. The maximum Gasteiger partial charge on any atom is 0.254 e. The summed E-state index contributed by atoms with van der Waals surface area (Å²) in [5.74, 6) is -0.0178. The maximum atomic E-state index is 13.8. The molecule has 0 unspecified atom stereocenters. The van der Waals surface area contributed by atoms with Crippen LogP contribution >= 0.6 is 0 Å². The molecule has 0 radical (unpaired) electrons. The molecule has 6 nitrogen and oxygen atoms in total. The second-order valence-corrected chi connectivity index (χ2v) is 9.95. The average Bonchev–Trinajstić information content (AvgIpc) is 2.88. The van der Waals surface area contributed by atoms with Gasteiger partial charge in [0, 0.05) is 55.8 Å². The van der Waals surface area contributed by atoms with E-state index in [4.69, 9.17) is 4.98 Å². The van der Waals surface area contributed by atoms with Crippen molar-refractivity contribution in [2.45, 2.75) is 52.0 Å². The molecule has 0 atom stereocenters. The van der Waals surface area contributed by atoms with E-state index >= 15 is 0 Å². The van der Waals surface area contributed by atoms with Crippen LogP contribution in [0.5, 0.6) is 0 Å². The fourth-order valence-electron chi connectivity index (χ4n) is 5.50. The van der Waals surface area contributed by atoms with Crippen molar-refractivity contribution < 1.29 is 9.59 Å². The molecule has 2 aromatic carbocycles. The second kappa shape index (κ2) is 10.2. The predicted octanol–water partition coefficient (Wildman–Crippen LogP) is 5.26. The van der Waals surface area contributed by atoms with Crippen molar-refractivity contribution in [2.75, 3.05) is 31.5 Å². The zero-order chi connectivity index (χ0) is 24.4. The van der Waals surface area contributed by atoms with Crippen LogP contribution in [0.2, 0.25) is 0 Å². The van der Waals surface area contributed by atoms with Crippen LogP contribution in [0, 0.1) is 6.92 Å². The zero-order valence-corrected chi connectivity index (χ0v) is 20.7. The highest BCUT2D eigenvalue weighted by Gasteiger charge is 2.28. The first-order valence-corrected chi connectivity index (χ1v) is 12.8. The zero-order valence-electron chi connectivity index (χ0n) is 20.7. The van der Waals surface area contributed by atoms with Gasteiger partial charge in [-0.15, -0.1) is 0 Å². The first kappa shape index (κ1) is 23.5. The van der Waals surface area contributed by atoms with Crippen LogP contribution in [0.4, 0.5) is 5.69 Å². The summed E-state index contributed by atoms with van der Waals surface area (Å²) in [5.41, 5.74) is 5.07. The number of amides is 2. The number of fused-ring (bicyclic) bond motifs is 1. The molecule has 2 aliphatic rings. The van der Waals surface area contributed by atoms with Gasteiger partial charge in [0.2, 0.25) is 5.91 Å². The minimum atomic E-state index is -0.103. The van der Waals surface area contributed by atoms with Gasteiger partial charge in [-0.3, -0.25) is 14.5 Å². The average molecular weight is 471 g/mol. The van der Waals surface area contributed by atoms with E-state index in [9.17, 15) is 9.59 Å². The van der Waals surface area contributed by atoms with Crippen molar-refractivity contribution in [3.63, 3.8) is 0 Å². The number of rotatable bonds is 4. The van der Waals surface area contributed by atoms with Gasteiger partial charge >= 0.3 is 0 Å². The number of piperazine rings is 1. The summed E-state index contributed by atoms with van der Waals surface area (Å²) in [7, 11) is 0. The van der Waals surface area contributed by atoms with E-state index in [1.54, 1.807) is 0 Å². The Kier molecular flexibility index (Phi) is 6.82. The number of pyridine rings is 1. The number of aromatic nitrogens is 1. The summed E-state index contributed by atoms with van der Waals surface area (Å²) < 4.78 is 0. The molecule has 6 heteroatoms. The van der Waals surface area contributed by atoms with Gasteiger partial charge in [-0.1, -0.05) is 43.0 Å². The van der Waals surface area contributed by atoms with Gasteiger partial charge in [0.15, 0.2) is 0 Å². The van der Waals surface area contributed by atoms with Crippen LogP contribution in [0.3, 0.4) is 0 Å². The molecular weight excluding hydrogens is 436 g/mol. The number of carbonyl (C=O) groups is 2. The molecule has 2 heterocycles. The molecule has 0 bridgehead atoms. The van der Waals surface area contributed by atoms with E-state index in [0.717, 1.165) is 59.6 Å². The molecule has 1 aliphatic heterocycles. The lowest BCUT2D eigenvalue weighted by Gasteiger charge is -2.40. The lowest BCUT2D eigenvalue weighted by molar-refractivity contribution is -0.114. The first-order valence-electron chi connectivity index (χ1n) is 12.8. The number of hydrogen-bond donors (Lipinski definition) is 1. The molecule has 35 heavy (non-hydrogen) atoms. The molecular formula is C29H34N4O2. The van der Waals surface area contributed by atoms with Crippen molar-refractivity contribution >= 4 is 28.4 Å². The SMILES string of the molecule is CC(=O)Nc1ccc(-c2cc(C(=O)N3CCN(C4CCCCC4)CC3)c3cc(C)ccc3n2)cc1. The molecule has 1 aliphatic carbocycles. The first-order chi connectivity index (χ1) is 17.0. The van der Waals surface area contributed by atoms with E-state index in [1.165, 1.54) is 39.0 Å². The van der Waals surface area contributed by atoms with Crippen molar-refractivity contribution in [2.24, 2.45) is 0 Å². The fraction of sp³-hybridized carbons (Fsp3) is 0.414. The largest absolute Gasteiger partial charge is 0.336 e. The van der Waals surface area contributed by atoms with E-state index in [-0.39, 0.29) is 11.8 Å². The van der Waals surface area contributed by atoms with E-state index in [2.05, 4.69) is 16.3 Å². The fourth-order valence-corrected chi connectivity index (χ4v) is 5.50. The van der Waals surface area contributed by atoms with Crippen LogP contribution in [0.25, 0.3) is 22.2 Å². The summed E-state index contributed by atoms with van der Waals surface area (Å²) in [6.07, 6.45) is 6.63. The van der Waals surface area contributed by atoms with Crippen LogP contribution in [0.1, 0.15) is 54.9 Å². The third-order valence-electron chi connectivity index (χ3n) is 7.39. The van der Waals surface area contributed by atoms with Gasteiger partial charge in [0.05, 0.1) is 16.8 Å². The van der Waals surface area contributed by atoms with Crippen LogP contribution < -0.4 is 5.32 Å². The molecule has 2 amide bonds. The van der Waals surface area contributed by atoms with E-state index in [0.29, 0.717) is 11.6 Å². The van der Waals surface area contributed by atoms with Gasteiger partial charge < -0.3 is 10.2 Å². The van der Waals surface area contributed by atoms with Gasteiger partial charge in [-0.2, -0.15) is 0 Å². The highest BCUT2D eigenvalue weighted by Crippen LogP contribution is 2.29. The topological polar surface area (TPSA) is 65.5 Å². The molecule has 182 valence electrons. The third-order valence-corrected chi connectivity index (χ3v) is 7.39. The van der Waals surface area contributed by atoms with Gasteiger partial charge in [-0.05, 0) is 50.1 Å². The number of hydrogen-bond acceptors (Lipinski definition) is 4. The second-order valence-electron chi connectivity index (χ2n) is 9.95. The predicted molar refractivity (Wildman–Crippen MR) is 141 cm³/mol. The molecule has 1 saturated carbocycles. The standard InChI is InChI=1S/C29H34N4O2/c1-20-8-13-27-25(18-20)26(19-28(31-27)22-9-11-23(12-10-22)30-21(2)34)29(35)33-16-14-32(15-17-33)24-6-4-3-5-7-24/h8-13,18-19,24H,3-7,14-17H2,1-2H3,(H,30,34). The smallest absolute Gasteiger partial charge is 0.254 e. The lowest BCUT2D eigenvalue weighted by Crippen LogP contribution is -2.52. The number of nitrogens with one attached hydrogen (secondary N) is 1. The molecule has 1 saturated heterocycles. The van der Waals surface area contributed by atoms with Gasteiger partial charge in [0.1, 0.15) is 0 Å². The Morgan fingerprint density at radius 2 is 1.63 bits per heavy atom. The normalized spacial score (nSPS) is 17.5. The summed E-state index contributed by atoms with van der Waals surface area (Å²) in [6.45, 7) is 6.99. The summed E-state index contributed by atoms with van der Waals surface area (Å²) in [4.78, 5) is 34.6. The lowest BCUT2D eigenvalue weighted by atomic mass is 9.93. The highest BCUT2D eigenvalue weighted by atomic mass is 16.2. The van der Waals surface area contributed by atoms with Crippen molar-refractivity contribution in [3.05, 3.63) is 59.7 Å². The molecule has 1 aromatic heterocycles. The molecule has 2 fully saturated rings. The van der Waals surface area contributed by atoms with Crippen molar-refractivity contribution in [1.29, 1.82) is 0 Å². The van der Waals surface area contributed by atoms with E-state index < -0.39 is 0 Å². The quantitative estimate of drug-likeness (QED) is 0.565. The van der Waals surface area contributed by atoms with Crippen LogP contribution in [-0.2, 0) is 4.79 Å². The van der Waals surface area contributed by atoms with Gasteiger partial charge in [-0.25, -0.2) is 4.98 Å². The molecule has 0 spiro atoms. The minimum absolute atomic E-state index is 0.0856. The number of benzene rings is 2. The minimum Gasteiger partial charge on any atom is -0.336 e. The van der Waals surface area contributed by atoms with E-state index in [1.807, 2.05) is 54.3 Å². The van der Waals surface area contributed by atoms with Crippen LogP contribution in [-0.4, -0.2) is 58.8 Å². The third kappa shape index (κ3) is 5.22. The van der Waals surface area contributed by atoms with Crippen LogP contribution in [0.15, 0.2) is 48.5 Å². The molecule has 5 rings (SSSR count). The van der Waals surface area contributed by atoms with Gasteiger partial charge in [0.25, 0.3) is 5.91 Å². The number of nitrogens with zero attached hydrogens (tertiary/aromatic N) is 3. The molecule has 3 aromatic rings. The Bertz CT molecular complexity index is 1220. The summed E-state index contributed by atoms with van der Waals surface area (Å²) in [5, 5.41) is 3.70. The Morgan fingerprint density at radius 1 is 0.914 bits per heavy atom. The number of carbonyl (C=O) groups excluding carboxylic acids is 2. The number of anilines is 1. The molecule has 1 N–H and O–H groups in total. The maximum absolute atomic E-state index is 13.8. The van der Waals surface area contributed by atoms with Crippen molar-refractivity contribution in [1.82, 2.24) is 14.8 Å². The Labute approximate surface area is 207 Å². The Morgan fingerprint density at radius 3 is 2.31 bits per heavy atom. The summed E-state index contributed by atoms with van der Waals surface area (Å²) in [6, 6.07) is 16.3. The highest BCUT2D eigenvalue weighted by molar-refractivity contribution is 6.07. The number of aryl methyl sites for hydroxylation is 1.